The first-order valence-corrected chi connectivity index (χ1v) is 5.01. The van der Waals surface area contributed by atoms with Crippen LogP contribution in [0.2, 0.25) is 0 Å². The number of carbonyl (C=O) groups is 2. The molecule has 0 aromatic heterocycles. The van der Waals surface area contributed by atoms with Crippen molar-refractivity contribution in [3.8, 4) is 0 Å². The smallest absolute Gasteiger partial charge is 0.221 e. The van der Waals surface area contributed by atoms with Crippen LogP contribution >= 0.6 is 0 Å². The van der Waals surface area contributed by atoms with Crippen LogP contribution in [-0.2, 0) is 4.79 Å². The van der Waals surface area contributed by atoms with Crippen molar-refractivity contribution >= 4 is 11.6 Å². The molecule has 0 N–H and O–H groups in total. The quantitative estimate of drug-likeness (QED) is 0.602. The molecule has 0 radical (unpaired) electrons. The van der Waals surface area contributed by atoms with E-state index in [-0.39, 0.29) is 5.56 Å². The van der Waals surface area contributed by atoms with Crippen LogP contribution in [0.25, 0.3) is 0 Å². The number of halogens is 3. The molecule has 0 saturated carbocycles. The highest BCUT2D eigenvalue weighted by Gasteiger charge is 2.29. The van der Waals surface area contributed by atoms with Crippen LogP contribution in [0.5, 0.6) is 0 Å². The van der Waals surface area contributed by atoms with Crippen LogP contribution in [0.4, 0.5) is 13.2 Å². The summed E-state index contributed by atoms with van der Waals surface area (Å²) in [7, 11) is 0. The molecular weight excluding hydrogens is 233 g/mol. The Morgan fingerprint density at radius 1 is 1.12 bits per heavy atom. The SMILES string of the molecule is CC(C)C(=O)C(F)C(=O)c1ccc(F)c(F)c1. The highest BCUT2D eigenvalue weighted by molar-refractivity contribution is 6.13. The van der Waals surface area contributed by atoms with Crippen LogP contribution in [-0.4, -0.2) is 17.7 Å². The molecule has 1 unspecified atom stereocenters. The number of hydrogen-bond acceptors (Lipinski definition) is 2. The molecule has 0 amide bonds. The van der Waals surface area contributed by atoms with E-state index >= 15 is 0 Å². The third-order valence-corrected chi connectivity index (χ3v) is 2.25. The van der Waals surface area contributed by atoms with Crippen molar-refractivity contribution in [2.24, 2.45) is 5.92 Å². The maximum Gasteiger partial charge on any atom is 0.221 e. The van der Waals surface area contributed by atoms with Crippen LogP contribution in [0, 0.1) is 17.6 Å². The summed E-state index contributed by atoms with van der Waals surface area (Å²) >= 11 is 0. The fourth-order valence-electron chi connectivity index (χ4n) is 1.22. The minimum atomic E-state index is -2.33. The molecule has 0 heterocycles. The lowest BCUT2D eigenvalue weighted by Crippen LogP contribution is -2.29. The number of benzene rings is 1. The van der Waals surface area contributed by atoms with Gasteiger partial charge in [0.25, 0.3) is 0 Å². The third-order valence-electron chi connectivity index (χ3n) is 2.25. The van der Waals surface area contributed by atoms with Gasteiger partial charge in [0, 0.05) is 11.5 Å². The minimum absolute atomic E-state index is 0.356. The third kappa shape index (κ3) is 2.93. The van der Waals surface area contributed by atoms with Gasteiger partial charge in [0.05, 0.1) is 0 Å². The van der Waals surface area contributed by atoms with Gasteiger partial charge in [0.15, 0.2) is 17.4 Å². The average Bonchev–Trinajstić information content (AvgIpc) is 2.29. The van der Waals surface area contributed by atoms with Crippen molar-refractivity contribution in [3.63, 3.8) is 0 Å². The van der Waals surface area contributed by atoms with Gasteiger partial charge in [0.2, 0.25) is 12.0 Å². The van der Waals surface area contributed by atoms with Gasteiger partial charge in [0.1, 0.15) is 0 Å². The van der Waals surface area contributed by atoms with E-state index in [1.807, 2.05) is 0 Å². The number of ketones is 2. The Balaban J connectivity index is 2.97. The molecule has 2 nitrogen and oxygen atoms in total. The molecule has 0 spiro atoms. The Morgan fingerprint density at radius 2 is 1.71 bits per heavy atom. The summed E-state index contributed by atoms with van der Waals surface area (Å²) in [6.45, 7) is 2.90. The molecule has 0 saturated heterocycles. The Bertz CT molecular complexity index is 455. The number of hydrogen-bond donors (Lipinski definition) is 0. The van der Waals surface area contributed by atoms with Gasteiger partial charge in [-0.25, -0.2) is 13.2 Å². The topological polar surface area (TPSA) is 34.1 Å². The molecule has 0 aliphatic heterocycles. The maximum absolute atomic E-state index is 13.4. The second-order valence-corrected chi connectivity index (χ2v) is 3.91. The first-order valence-electron chi connectivity index (χ1n) is 5.01. The highest BCUT2D eigenvalue weighted by Crippen LogP contribution is 2.14. The van der Waals surface area contributed by atoms with Crippen LogP contribution in [0.1, 0.15) is 24.2 Å². The summed E-state index contributed by atoms with van der Waals surface area (Å²) in [5.41, 5.74) is -0.356. The monoisotopic (exact) mass is 244 g/mol. The summed E-state index contributed by atoms with van der Waals surface area (Å²) in [5, 5.41) is 0. The Morgan fingerprint density at radius 3 is 2.18 bits per heavy atom. The normalized spacial score (nSPS) is 12.6. The summed E-state index contributed by atoms with van der Waals surface area (Å²) in [4.78, 5) is 22.7. The standard InChI is InChI=1S/C12H11F3O2/c1-6(2)11(16)10(15)12(17)7-3-4-8(13)9(14)5-7/h3-6,10H,1-2H3. The Hall–Kier alpha value is -1.65. The van der Waals surface area contributed by atoms with E-state index < -0.39 is 35.3 Å². The van der Waals surface area contributed by atoms with Crippen molar-refractivity contribution in [2.45, 2.75) is 20.0 Å². The summed E-state index contributed by atoms with van der Waals surface area (Å²) in [6.07, 6.45) is -2.33. The van der Waals surface area contributed by atoms with E-state index in [1.54, 1.807) is 0 Å². The van der Waals surface area contributed by atoms with E-state index in [1.165, 1.54) is 13.8 Å². The minimum Gasteiger partial charge on any atom is -0.296 e. The van der Waals surface area contributed by atoms with Gasteiger partial charge in [-0.15, -0.1) is 0 Å². The molecule has 1 atom stereocenters. The molecule has 1 aromatic carbocycles. The van der Waals surface area contributed by atoms with Crippen molar-refractivity contribution in [1.82, 2.24) is 0 Å². The van der Waals surface area contributed by atoms with E-state index in [4.69, 9.17) is 0 Å². The molecular formula is C12H11F3O2. The molecule has 1 rings (SSSR count). The maximum atomic E-state index is 13.4. The predicted molar refractivity (Wildman–Crippen MR) is 55.4 cm³/mol. The molecule has 92 valence electrons. The van der Waals surface area contributed by atoms with Crippen LogP contribution < -0.4 is 0 Å². The fourth-order valence-corrected chi connectivity index (χ4v) is 1.22. The van der Waals surface area contributed by atoms with Crippen molar-refractivity contribution < 1.29 is 22.8 Å². The highest BCUT2D eigenvalue weighted by atomic mass is 19.2. The zero-order chi connectivity index (χ0) is 13.2. The van der Waals surface area contributed by atoms with Gasteiger partial charge in [-0.3, -0.25) is 9.59 Å². The fraction of sp³-hybridized carbons (Fsp3) is 0.333. The number of rotatable bonds is 4. The number of Topliss-reactive ketones (excluding diaryl/α,β-unsaturated/α-hetero) is 2. The lowest BCUT2D eigenvalue weighted by atomic mass is 9.98. The molecule has 1 aromatic rings. The molecule has 0 fully saturated rings. The summed E-state index contributed by atoms with van der Waals surface area (Å²) < 4.78 is 38.9. The lowest BCUT2D eigenvalue weighted by molar-refractivity contribution is -0.125. The first kappa shape index (κ1) is 13.4. The zero-order valence-electron chi connectivity index (χ0n) is 9.34. The second-order valence-electron chi connectivity index (χ2n) is 3.91. The van der Waals surface area contributed by atoms with Gasteiger partial charge in [-0.1, -0.05) is 13.8 Å². The lowest BCUT2D eigenvalue weighted by Gasteiger charge is -2.09. The molecule has 0 bridgehead atoms. The van der Waals surface area contributed by atoms with E-state index in [9.17, 15) is 22.8 Å². The zero-order valence-corrected chi connectivity index (χ0v) is 9.34. The largest absolute Gasteiger partial charge is 0.296 e. The van der Waals surface area contributed by atoms with E-state index in [0.717, 1.165) is 12.1 Å². The second kappa shape index (κ2) is 5.12. The molecule has 0 aliphatic rings. The number of alkyl halides is 1. The molecule has 0 aliphatic carbocycles. The summed E-state index contributed by atoms with van der Waals surface area (Å²) in [6, 6.07) is 2.24. The predicted octanol–water partition coefficient (Wildman–Crippen LogP) is 2.71. The Kier molecular flexibility index (Phi) is 4.04. The summed E-state index contributed by atoms with van der Waals surface area (Å²) in [5.74, 6) is -5.05. The average molecular weight is 244 g/mol. The van der Waals surface area contributed by atoms with Crippen molar-refractivity contribution in [3.05, 3.63) is 35.4 Å². The van der Waals surface area contributed by atoms with Gasteiger partial charge >= 0.3 is 0 Å². The molecule has 5 heteroatoms. The van der Waals surface area contributed by atoms with Crippen LogP contribution in [0.3, 0.4) is 0 Å². The first-order chi connectivity index (χ1) is 7.84. The van der Waals surface area contributed by atoms with Gasteiger partial charge < -0.3 is 0 Å². The van der Waals surface area contributed by atoms with E-state index in [2.05, 4.69) is 0 Å². The van der Waals surface area contributed by atoms with Gasteiger partial charge in [-0.05, 0) is 18.2 Å². The van der Waals surface area contributed by atoms with Crippen LogP contribution in [0.15, 0.2) is 18.2 Å². The van der Waals surface area contributed by atoms with Crippen molar-refractivity contribution in [1.29, 1.82) is 0 Å². The molecule has 17 heavy (non-hydrogen) atoms. The number of carbonyl (C=O) groups excluding carboxylic acids is 2. The van der Waals surface area contributed by atoms with E-state index in [0.29, 0.717) is 6.07 Å². The Labute approximate surface area is 96.4 Å². The van der Waals surface area contributed by atoms with Gasteiger partial charge in [-0.2, -0.15) is 0 Å². The van der Waals surface area contributed by atoms with Crippen molar-refractivity contribution in [2.75, 3.05) is 0 Å².